The van der Waals surface area contributed by atoms with E-state index in [-0.39, 0.29) is 0 Å². The van der Waals surface area contributed by atoms with Crippen LogP contribution in [0.3, 0.4) is 0 Å². The maximum atomic E-state index is 1.84. The molecule has 0 aromatic carbocycles. The van der Waals surface area contributed by atoms with Crippen molar-refractivity contribution in [1.82, 2.24) is 0 Å². The molecule has 0 heterocycles. The average molecular weight is 247 g/mol. The van der Waals surface area contributed by atoms with Crippen LogP contribution in [0.4, 0.5) is 0 Å². The molecule has 1 fully saturated rings. The van der Waals surface area contributed by atoms with Gasteiger partial charge in [-0.05, 0) is 0 Å². The standard InChI is InChI=1S/C5H8.Hf/c1-2-4-5-3-1;/h1-4H2;/q;+2. The molecular formula is C5H8Hf+2. The Labute approximate surface area is 53.0 Å². The van der Waals surface area contributed by atoms with Crippen LogP contribution in [0.15, 0.2) is 0 Å². The van der Waals surface area contributed by atoms with Gasteiger partial charge in [-0.3, -0.25) is 0 Å². The summed E-state index contributed by atoms with van der Waals surface area (Å²) in [6.07, 6.45) is 5.90. The molecule has 0 atom stereocenters. The summed E-state index contributed by atoms with van der Waals surface area (Å²) in [4.78, 5) is 0. The van der Waals surface area contributed by atoms with Crippen LogP contribution in [0.5, 0.6) is 0 Å². The van der Waals surface area contributed by atoms with Crippen LogP contribution < -0.4 is 0 Å². The first kappa shape index (κ1) is 4.89. The Morgan fingerprint density at radius 1 is 1.17 bits per heavy atom. The van der Waals surface area contributed by atoms with E-state index >= 15 is 0 Å². The molecule has 1 heteroatoms. The zero-order valence-electron chi connectivity index (χ0n) is 3.83. The van der Waals surface area contributed by atoms with Gasteiger partial charge in [-0.1, -0.05) is 0 Å². The van der Waals surface area contributed by atoms with Crippen LogP contribution in [0, 0.1) is 0 Å². The van der Waals surface area contributed by atoms with E-state index < -0.39 is 0 Å². The van der Waals surface area contributed by atoms with Crippen LogP contribution in [0.1, 0.15) is 25.7 Å². The Kier molecular flexibility index (Phi) is 1.75. The van der Waals surface area contributed by atoms with Crippen molar-refractivity contribution in [3.8, 4) is 0 Å². The Bertz CT molecular complexity index is 58.3. The van der Waals surface area contributed by atoms with E-state index in [4.69, 9.17) is 0 Å². The fraction of sp³-hybridized carbons (Fsp3) is 0.800. The second-order valence-electron chi connectivity index (χ2n) is 1.81. The predicted molar refractivity (Wildman–Crippen MR) is 23.5 cm³/mol. The third-order valence-electron chi connectivity index (χ3n) is 1.21. The summed E-state index contributed by atoms with van der Waals surface area (Å²) in [5.74, 6) is 0. The quantitative estimate of drug-likeness (QED) is 0.565. The van der Waals surface area contributed by atoms with E-state index in [1.807, 2.05) is 3.26 Å². The Balaban J connectivity index is 2.37. The minimum absolute atomic E-state index is 1.37. The van der Waals surface area contributed by atoms with E-state index in [1.54, 1.807) is 0 Å². The van der Waals surface area contributed by atoms with Gasteiger partial charge in [-0.15, -0.1) is 0 Å². The normalized spacial score (nSPS) is 22.7. The summed E-state index contributed by atoms with van der Waals surface area (Å²) in [6.45, 7) is 0. The third kappa shape index (κ3) is 1.11. The molecule has 0 radical (unpaired) electrons. The van der Waals surface area contributed by atoms with E-state index in [9.17, 15) is 0 Å². The van der Waals surface area contributed by atoms with Crippen LogP contribution in [0.2, 0.25) is 0 Å². The topological polar surface area (TPSA) is 0 Å². The van der Waals surface area contributed by atoms with Crippen molar-refractivity contribution >= 4 is 3.26 Å². The van der Waals surface area contributed by atoms with Crippen molar-refractivity contribution in [2.24, 2.45) is 0 Å². The van der Waals surface area contributed by atoms with Crippen molar-refractivity contribution in [3.63, 3.8) is 0 Å². The maximum absolute atomic E-state index is 1.84. The van der Waals surface area contributed by atoms with Crippen LogP contribution in [0.25, 0.3) is 0 Å². The molecule has 0 amide bonds. The van der Waals surface area contributed by atoms with Gasteiger partial charge < -0.3 is 0 Å². The third-order valence-corrected chi connectivity index (χ3v) is 3.00. The zero-order valence-corrected chi connectivity index (χ0v) is 7.42. The average Bonchev–Trinajstić information content (AvgIpc) is 1.86. The summed E-state index contributed by atoms with van der Waals surface area (Å²) < 4.78 is 1.84. The van der Waals surface area contributed by atoms with Crippen LogP contribution in [-0.4, -0.2) is 3.26 Å². The van der Waals surface area contributed by atoms with Crippen LogP contribution >= 0.6 is 0 Å². The van der Waals surface area contributed by atoms with Gasteiger partial charge in [0.05, 0.1) is 0 Å². The SMILES string of the molecule is [Hf+2]=[C]1CCCC1. The fourth-order valence-corrected chi connectivity index (χ4v) is 2.07. The molecule has 0 nitrogen and oxygen atoms in total. The van der Waals surface area contributed by atoms with Gasteiger partial charge >= 0.3 is 52.8 Å². The first-order chi connectivity index (χ1) is 2.89. The molecule has 1 saturated carbocycles. The van der Waals surface area contributed by atoms with Crippen molar-refractivity contribution in [1.29, 1.82) is 0 Å². The number of hydrogen-bond donors (Lipinski definition) is 0. The summed E-state index contributed by atoms with van der Waals surface area (Å²) >= 11 is 1.37. The summed E-state index contributed by atoms with van der Waals surface area (Å²) in [5, 5.41) is 0. The molecular weight excluding hydrogens is 239 g/mol. The molecule has 1 rings (SSSR count). The minimum atomic E-state index is 1.37. The first-order valence-electron chi connectivity index (χ1n) is 2.46. The molecule has 0 aromatic heterocycles. The molecule has 1 aliphatic carbocycles. The van der Waals surface area contributed by atoms with Crippen molar-refractivity contribution < 1.29 is 23.9 Å². The predicted octanol–water partition coefficient (Wildman–Crippen LogP) is 1.28. The number of hydrogen-bond acceptors (Lipinski definition) is 0. The monoisotopic (exact) mass is 248 g/mol. The molecule has 1 aliphatic rings. The Morgan fingerprint density at radius 3 is 1.83 bits per heavy atom. The molecule has 0 aliphatic heterocycles. The molecule has 0 aromatic rings. The van der Waals surface area contributed by atoms with Crippen LogP contribution in [-0.2, 0) is 23.9 Å². The van der Waals surface area contributed by atoms with Crippen molar-refractivity contribution in [2.75, 3.05) is 0 Å². The number of rotatable bonds is 0. The summed E-state index contributed by atoms with van der Waals surface area (Å²) in [5.41, 5.74) is 0. The summed E-state index contributed by atoms with van der Waals surface area (Å²) in [7, 11) is 0. The molecule has 0 spiro atoms. The Morgan fingerprint density at radius 2 is 1.67 bits per heavy atom. The van der Waals surface area contributed by atoms with Gasteiger partial charge in [0.1, 0.15) is 0 Å². The first-order valence-corrected chi connectivity index (χ1v) is 4.25. The fourth-order valence-electron chi connectivity index (χ4n) is 0.802. The second kappa shape index (κ2) is 2.15. The van der Waals surface area contributed by atoms with Crippen molar-refractivity contribution in [3.05, 3.63) is 0 Å². The van der Waals surface area contributed by atoms with E-state index in [1.165, 1.54) is 49.6 Å². The van der Waals surface area contributed by atoms with Gasteiger partial charge in [0.25, 0.3) is 0 Å². The van der Waals surface area contributed by atoms with Gasteiger partial charge in [0.15, 0.2) is 0 Å². The van der Waals surface area contributed by atoms with E-state index in [2.05, 4.69) is 0 Å². The van der Waals surface area contributed by atoms with Gasteiger partial charge in [-0.2, -0.15) is 0 Å². The zero-order chi connectivity index (χ0) is 4.41. The van der Waals surface area contributed by atoms with Crippen molar-refractivity contribution in [2.45, 2.75) is 25.7 Å². The molecule has 0 unspecified atom stereocenters. The molecule has 6 heavy (non-hydrogen) atoms. The van der Waals surface area contributed by atoms with Gasteiger partial charge in [0, 0.05) is 0 Å². The van der Waals surface area contributed by atoms with Gasteiger partial charge in [-0.25, -0.2) is 0 Å². The van der Waals surface area contributed by atoms with Gasteiger partial charge in [0.2, 0.25) is 0 Å². The Hall–Kier alpha value is 0.740. The van der Waals surface area contributed by atoms with E-state index in [0.717, 1.165) is 0 Å². The molecule has 30 valence electrons. The molecule has 0 bridgehead atoms. The second-order valence-corrected chi connectivity index (χ2v) is 4.35. The molecule has 0 N–H and O–H groups in total. The molecule has 0 saturated heterocycles. The van der Waals surface area contributed by atoms with E-state index in [0.29, 0.717) is 0 Å². The summed E-state index contributed by atoms with van der Waals surface area (Å²) in [6, 6.07) is 0.